The molecule has 0 fully saturated rings. The molecule has 1 aliphatic rings. The maximum absolute atomic E-state index is 6.09. The second-order valence-corrected chi connectivity index (χ2v) is 18.2. The van der Waals surface area contributed by atoms with Gasteiger partial charge in [-0.25, -0.2) is 0 Å². The van der Waals surface area contributed by atoms with Gasteiger partial charge in [-0.15, -0.1) is 0 Å². The summed E-state index contributed by atoms with van der Waals surface area (Å²) in [6.45, 7) is 4.72. The summed E-state index contributed by atoms with van der Waals surface area (Å²) in [5.41, 5.74) is 0. The van der Waals surface area contributed by atoms with E-state index in [2.05, 4.69) is 62.4 Å². The minimum atomic E-state index is -2.47. The summed E-state index contributed by atoms with van der Waals surface area (Å²) >= 11 is -2.47. The molecule has 0 aromatic heterocycles. The van der Waals surface area contributed by atoms with Gasteiger partial charge in [-0.2, -0.15) is 0 Å². The molecule has 2 aromatic rings. The fourth-order valence-electron chi connectivity index (χ4n) is 3.18. The standard InChI is InChI=1S/C12H8O.2C2H5.Sn/c1-3-7-11(8-4-1)13-12-9-5-2-6-10-12;2*1-2;/h1-7,9H;2*1H2,2H3;. The van der Waals surface area contributed by atoms with Gasteiger partial charge in [0.15, 0.2) is 0 Å². The van der Waals surface area contributed by atoms with Crippen LogP contribution in [0, 0.1) is 0 Å². The molecule has 0 saturated carbocycles. The molecule has 1 heterocycles. The average molecular weight is 345 g/mol. The third kappa shape index (κ3) is 1.60. The van der Waals surface area contributed by atoms with Gasteiger partial charge in [0.2, 0.25) is 0 Å². The third-order valence-electron chi connectivity index (χ3n) is 4.23. The Morgan fingerprint density at radius 2 is 1.22 bits per heavy atom. The molecule has 3 rings (SSSR count). The summed E-state index contributed by atoms with van der Waals surface area (Å²) in [5, 5.41) is 0. The number of fused-ring (bicyclic) bond motifs is 2. The molecule has 0 spiro atoms. The van der Waals surface area contributed by atoms with Crippen molar-refractivity contribution in [3.8, 4) is 11.5 Å². The Kier molecular flexibility index (Phi) is 3.10. The van der Waals surface area contributed by atoms with Gasteiger partial charge in [-0.05, 0) is 0 Å². The molecular weight excluding hydrogens is 327 g/mol. The topological polar surface area (TPSA) is 9.23 Å². The van der Waals surface area contributed by atoms with Crippen LogP contribution in [0.1, 0.15) is 13.8 Å². The number of ether oxygens (including phenoxy) is 1. The Hall–Kier alpha value is -0.961. The number of rotatable bonds is 2. The van der Waals surface area contributed by atoms with E-state index in [9.17, 15) is 0 Å². The summed E-state index contributed by atoms with van der Waals surface area (Å²) in [5.74, 6) is 2.21. The van der Waals surface area contributed by atoms with Gasteiger partial charge in [0.1, 0.15) is 0 Å². The fourth-order valence-corrected chi connectivity index (χ4v) is 15.6. The van der Waals surface area contributed by atoms with Gasteiger partial charge in [0, 0.05) is 0 Å². The number of para-hydroxylation sites is 2. The van der Waals surface area contributed by atoms with Crippen LogP contribution < -0.4 is 11.9 Å². The van der Waals surface area contributed by atoms with Crippen molar-refractivity contribution >= 4 is 25.5 Å². The van der Waals surface area contributed by atoms with Crippen LogP contribution in [-0.4, -0.2) is 18.4 Å². The SMILES string of the molecule is C[CH2][Sn]1([CH2]C)[c]2ccccc2Oc2cccc[c]21. The van der Waals surface area contributed by atoms with E-state index in [1.807, 2.05) is 0 Å². The molecule has 0 N–H and O–H groups in total. The molecule has 0 unspecified atom stereocenters. The van der Waals surface area contributed by atoms with E-state index in [1.54, 1.807) is 0 Å². The molecule has 2 heteroatoms. The van der Waals surface area contributed by atoms with Crippen molar-refractivity contribution in [3.05, 3.63) is 48.5 Å². The Bertz CT molecular complexity index is 525. The Labute approximate surface area is 113 Å². The van der Waals surface area contributed by atoms with Gasteiger partial charge in [-0.1, -0.05) is 0 Å². The van der Waals surface area contributed by atoms with Crippen molar-refractivity contribution in [2.24, 2.45) is 0 Å². The van der Waals surface area contributed by atoms with E-state index in [0.29, 0.717) is 0 Å². The van der Waals surface area contributed by atoms with E-state index in [-0.39, 0.29) is 0 Å². The maximum atomic E-state index is 6.09. The second-order valence-electron chi connectivity index (χ2n) is 4.88. The van der Waals surface area contributed by atoms with Crippen molar-refractivity contribution in [1.29, 1.82) is 0 Å². The molecule has 0 bridgehead atoms. The zero-order valence-electron chi connectivity index (χ0n) is 10.9. The van der Waals surface area contributed by atoms with Gasteiger partial charge in [0.05, 0.1) is 0 Å². The first kappa shape index (κ1) is 12.1. The predicted octanol–water partition coefficient (Wildman–Crippen LogP) is 3.40. The molecule has 2 aromatic carbocycles. The monoisotopic (exact) mass is 346 g/mol. The number of hydrogen-bond acceptors (Lipinski definition) is 1. The van der Waals surface area contributed by atoms with Gasteiger partial charge >= 0.3 is 113 Å². The number of hydrogen-bond donors (Lipinski definition) is 0. The fraction of sp³-hybridized carbons (Fsp3) is 0.250. The molecule has 1 nitrogen and oxygen atoms in total. The Morgan fingerprint density at radius 3 is 1.67 bits per heavy atom. The molecule has 0 atom stereocenters. The van der Waals surface area contributed by atoms with E-state index in [4.69, 9.17) is 4.74 Å². The summed E-state index contributed by atoms with van der Waals surface area (Å²) in [4.78, 5) is 0. The van der Waals surface area contributed by atoms with Crippen LogP contribution in [0.15, 0.2) is 48.5 Å². The van der Waals surface area contributed by atoms with Crippen molar-refractivity contribution < 1.29 is 4.74 Å². The van der Waals surface area contributed by atoms with Crippen LogP contribution >= 0.6 is 0 Å². The second kappa shape index (κ2) is 4.61. The average Bonchev–Trinajstić information content (AvgIpc) is 2.45. The number of benzene rings is 2. The molecule has 0 aliphatic carbocycles. The van der Waals surface area contributed by atoms with Crippen molar-refractivity contribution in [2.75, 3.05) is 0 Å². The van der Waals surface area contributed by atoms with Crippen LogP contribution in [0.5, 0.6) is 11.5 Å². The Morgan fingerprint density at radius 1 is 0.778 bits per heavy atom. The normalized spacial score (nSPS) is 15.4. The molecule has 0 saturated heterocycles. The third-order valence-corrected chi connectivity index (χ3v) is 19.4. The molecule has 18 heavy (non-hydrogen) atoms. The Balaban J connectivity index is 2.30. The van der Waals surface area contributed by atoms with Gasteiger partial charge in [-0.3, -0.25) is 0 Å². The molecule has 0 amide bonds. The van der Waals surface area contributed by atoms with Crippen LogP contribution in [0.3, 0.4) is 0 Å². The zero-order valence-corrected chi connectivity index (χ0v) is 13.8. The van der Waals surface area contributed by atoms with Crippen molar-refractivity contribution in [3.63, 3.8) is 0 Å². The predicted molar refractivity (Wildman–Crippen MR) is 78.9 cm³/mol. The summed E-state index contributed by atoms with van der Waals surface area (Å²) in [6.07, 6.45) is 0. The van der Waals surface area contributed by atoms with Crippen molar-refractivity contribution in [2.45, 2.75) is 22.7 Å². The van der Waals surface area contributed by atoms with E-state index in [1.165, 1.54) is 16.0 Å². The van der Waals surface area contributed by atoms with Crippen LogP contribution in [0.2, 0.25) is 8.87 Å². The van der Waals surface area contributed by atoms with Crippen LogP contribution in [-0.2, 0) is 0 Å². The van der Waals surface area contributed by atoms with Gasteiger partial charge < -0.3 is 0 Å². The summed E-state index contributed by atoms with van der Waals surface area (Å²) in [6, 6.07) is 17.3. The summed E-state index contributed by atoms with van der Waals surface area (Å²) < 4.78 is 11.8. The van der Waals surface area contributed by atoms with E-state index >= 15 is 0 Å². The molecular formula is C16H18OSn. The summed E-state index contributed by atoms with van der Waals surface area (Å²) in [7, 11) is 0. The zero-order chi connectivity index (χ0) is 12.6. The first-order valence-electron chi connectivity index (χ1n) is 6.68. The quantitative estimate of drug-likeness (QED) is 0.759. The van der Waals surface area contributed by atoms with E-state index in [0.717, 1.165) is 11.5 Å². The first-order valence-corrected chi connectivity index (χ1v) is 13.6. The van der Waals surface area contributed by atoms with Crippen molar-refractivity contribution in [1.82, 2.24) is 0 Å². The van der Waals surface area contributed by atoms with Gasteiger partial charge in [0.25, 0.3) is 0 Å². The minimum absolute atomic E-state index is 1.11. The molecule has 92 valence electrons. The van der Waals surface area contributed by atoms with Crippen LogP contribution in [0.25, 0.3) is 0 Å². The molecule has 0 radical (unpaired) electrons. The van der Waals surface area contributed by atoms with E-state index < -0.39 is 18.4 Å². The molecule has 1 aliphatic heterocycles. The first-order chi connectivity index (χ1) is 8.81. The van der Waals surface area contributed by atoms with Crippen LogP contribution in [0.4, 0.5) is 0 Å².